The second-order valence-corrected chi connectivity index (χ2v) is 12.2. The van der Waals surface area contributed by atoms with E-state index in [1.165, 1.54) is 57.8 Å². The fraction of sp³-hybridized carbons (Fsp3) is 0.962. The number of carbonyl (C=O) groups is 1. The lowest BCUT2D eigenvalue weighted by molar-refractivity contribution is -0.163. The molecule has 7 atom stereocenters. The van der Waals surface area contributed by atoms with Crippen LogP contribution in [0.4, 0.5) is 4.79 Å². The van der Waals surface area contributed by atoms with Crippen molar-refractivity contribution in [2.24, 2.45) is 33.5 Å². The third-order valence-electron chi connectivity index (χ3n) is 10.1. The Morgan fingerprint density at radius 3 is 2.58 bits per heavy atom. The highest BCUT2D eigenvalue weighted by molar-refractivity contribution is 5.67. The minimum Gasteiger partial charge on any atom is -0.449 e. The Morgan fingerprint density at radius 2 is 1.84 bits per heavy atom. The van der Waals surface area contributed by atoms with Crippen LogP contribution in [0.25, 0.3) is 0 Å². The van der Waals surface area contributed by atoms with Crippen LogP contribution in [-0.2, 0) is 14.2 Å². The normalized spacial score (nSPS) is 46.2. The number of amides is 1. The Bertz CT molecular complexity index is 670. The third-order valence-corrected chi connectivity index (χ3v) is 10.1. The van der Waals surface area contributed by atoms with Crippen molar-refractivity contribution in [1.82, 2.24) is 5.32 Å². The lowest BCUT2D eigenvalue weighted by Crippen LogP contribution is -2.58. The smallest absolute Gasteiger partial charge is 0.407 e. The minimum atomic E-state index is -0.245. The molecule has 0 aromatic carbocycles. The molecule has 0 aliphatic heterocycles. The summed E-state index contributed by atoms with van der Waals surface area (Å²) in [6, 6.07) is 0. The van der Waals surface area contributed by atoms with Crippen LogP contribution in [0.3, 0.4) is 0 Å². The summed E-state index contributed by atoms with van der Waals surface area (Å²) in [5.74, 6) is 1.39. The molecule has 5 nitrogen and oxygen atoms in total. The molecular weight excluding hydrogens is 390 g/mol. The molecule has 0 heterocycles. The third kappa shape index (κ3) is 3.92. The molecule has 4 saturated carbocycles. The maximum atomic E-state index is 12.2. The van der Waals surface area contributed by atoms with Gasteiger partial charge in [-0.25, -0.2) is 4.79 Å². The van der Waals surface area contributed by atoms with Gasteiger partial charge in [0.15, 0.2) is 0 Å². The summed E-state index contributed by atoms with van der Waals surface area (Å²) in [5, 5.41) is 2.88. The van der Waals surface area contributed by atoms with Crippen molar-refractivity contribution in [3.8, 4) is 0 Å². The fourth-order valence-corrected chi connectivity index (χ4v) is 8.93. The summed E-state index contributed by atoms with van der Waals surface area (Å²) in [5.41, 5.74) is 1.15. The van der Waals surface area contributed by atoms with Gasteiger partial charge in [0.25, 0.3) is 0 Å². The van der Waals surface area contributed by atoms with E-state index in [1.807, 2.05) is 0 Å². The van der Waals surface area contributed by atoms with Crippen molar-refractivity contribution in [2.45, 2.75) is 98.0 Å². The summed E-state index contributed by atoms with van der Waals surface area (Å²) in [6.45, 7) is 11.2. The number of hydrogen-bond acceptors (Lipinski definition) is 4. The van der Waals surface area contributed by atoms with Gasteiger partial charge in [-0.3, -0.25) is 0 Å². The Kier molecular flexibility index (Phi) is 6.42. The van der Waals surface area contributed by atoms with Crippen LogP contribution < -0.4 is 5.32 Å². The van der Waals surface area contributed by atoms with Gasteiger partial charge in [-0.1, -0.05) is 34.1 Å². The van der Waals surface area contributed by atoms with E-state index in [2.05, 4.69) is 33.0 Å². The molecule has 5 heteroatoms. The Labute approximate surface area is 189 Å². The average molecular weight is 436 g/mol. The van der Waals surface area contributed by atoms with Gasteiger partial charge in [0.1, 0.15) is 6.79 Å². The molecule has 0 aromatic heterocycles. The summed E-state index contributed by atoms with van der Waals surface area (Å²) in [7, 11) is 1.73. The van der Waals surface area contributed by atoms with Crippen molar-refractivity contribution in [3.05, 3.63) is 0 Å². The molecule has 4 aliphatic carbocycles. The minimum absolute atomic E-state index is 0.0868. The number of alkyl carbamates (subject to hydrolysis) is 1. The van der Waals surface area contributed by atoms with Gasteiger partial charge in [0, 0.05) is 19.1 Å². The van der Waals surface area contributed by atoms with Gasteiger partial charge in [0.05, 0.1) is 12.7 Å². The number of hydrogen-bond donors (Lipinski definition) is 1. The highest BCUT2D eigenvalue weighted by atomic mass is 16.7. The molecule has 1 spiro atoms. The first-order valence-electron chi connectivity index (χ1n) is 12.7. The fourth-order valence-electron chi connectivity index (χ4n) is 8.93. The standard InChI is InChI=1S/C26H45NO4/c1-6-14-27-22(28)30-17-24(3)10-7-11-25(4)19(24)9-13-26-15-21(31-18-29-5)23(2,16-26)12-8-20(25)26/h19-21H,6-18H2,1-5H3,(H,27,28)/t19-,20+,21-,23+,24+,25-,26+/m1/s1. The number of carbonyl (C=O) groups excluding carboxylic acids is 1. The highest BCUT2D eigenvalue weighted by Crippen LogP contribution is 2.74. The maximum Gasteiger partial charge on any atom is 0.407 e. The zero-order valence-corrected chi connectivity index (χ0v) is 20.6. The van der Waals surface area contributed by atoms with Crippen LogP contribution in [0, 0.1) is 33.5 Å². The van der Waals surface area contributed by atoms with E-state index >= 15 is 0 Å². The lowest BCUT2D eigenvalue weighted by Gasteiger charge is -2.64. The first-order chi connectivity index (χ1) is 14.7. The van der Waals surface area contributed by atoms with Gasteiger partial charge in [-0.2, -0.15) is 0 Å². The van der Waals surface area contributed by atoms with Crippen LogP contribution in [0.2, 0.25) is 0 Å². The second-order valence-electron chi connectivity index (χ2n) is 12.2. The maximum absolute atomic E-state index is 12.2. The van der Waals surface area contributed by atoms with E-state index in [0.717, 1.165) is 12.3 Å². The molecule has 0 saturated heterocycles. The van der Waals surface area contributed by atoms with E-state index in [4.69, 9.17) is 14.2 Å². The Morgan fingerprint density at radius 1 is 1.06 bits per heavy atom. The average Bonchev–Trinajstić information content (AvgIpc) is 2.93. The Hall–Kier alpha value is -0.810. The van der Waals surface area contributed by atoms with Crippen molar-refractivity contribution in [2.75, 3.05) is 27.1 Å². The molecule has 0 unspecified atom stereocenters. The molecule has 4 aliphatic rings. The van der Waals surface area contributed by atoms with Crippen LogP contribution in [0.1, 0.15) is 91.9 Å². The van der Waals surface area contributed by atoms with Crippen molar-refractivity contribution in [3.63, 3.8) is 0 Å². The lowest BCUT2D eigenvalue weighted by atomic mass is 9.40. The van der Waals surface area contributed by atoms with E-state index in [-0.39, 0.29) is 11.5 Å². The molecule has 4 rings (SSSR count). The Balaban J connectivity index is 1.51. The molecule has 4 fully saturated rings. The molecule has 1 amide bonds. The molecule has 0 radical (unpaired) electrons. The van der Waals surface area contributed by atoms with Gasteiger partial charge < -0.3 is 19.5 Å². The van der Waals surface area contributed by atoms with E-state index < -0.39 is 0 Å². The van der Waals surface area contributed by atoms with Gasteiger partial charge in [-0.05, 0) is 85.9 Å². The van der Waals surface area contributed by atoms with Gasteiger partial charge in [-0.15, -0.1) is 0 Å². The first kappa shape index (κ1) is 23.4. The number of nitrogens with one attached hydrogen (secondary N) is 1. The predicted molar refractivity (Wildman–Crippen MR) is 122 cm³/mol. The number of fused-ring (bicyclic) bond motifs is 3. The molecule has 1 N–H and O–H groups in total. The zero-order chi connectivity index (χ0) is 22.3. The van der Waals surface area contributed by atoms with Crippen molar-refractivity contribution < 1.29 is 19.0 Å². The number of rotatable bonds is 7. The summed E-state index contributed by atoms with van der Waals surface area (Å²) in [4.78, 5) is 12.2. The number of methoxy groups -OCH3 is 1. The van der Waals surface area contributed by atoms with Crippen LogP contribution >= 0.6 is 0 Å². The van der Waals surface area contributed by atoms with Gasteiger partial charge >= 0.3 is 6.09 Å². The summed E-state index contributed by atoms with van der Waals surface area (Å²) < 4.78 is 17.3. The molecule has 2 bridgehead atoms. The molecule has 0 aromatic rings. The zero-order valence-electron chi connectivity index (χ0n) is 20.6. The second kappa shape index (κ2) is 8.52. The SMILES string of the molecule is CCCNC(=O)OC[C@]1(C)CCC[C@]2(C)[C@@H]1CC[C@@]13C[C@@H](OCOC)[C@@](C)(CC[C@H]12)C3. The van der Waals surface area contributed by atoms with E-state index in [9.17, 15) is 4.79 Å². The van der Waals surface area contributed by atoms with Crippen LogP contribution in [0.15, 0.2) is 0 Å². The van der Waals surface area contributed by atoms with Gasteiger partial charge in [0.2, 0.25) is 0 Å². The molecule has 178 valence electrons. The van der Waals surface area contributed by atoms with Crippen molar-refractivity contribution >= 4 is 6.09 Å². The summed E-state index contributed by atoms with van der Waals surface area (Å²) >= 11 is 0. The van der Waals surface area contributed by atoms with Crippen LogP contribution in [-0.4, -0.2) is 39.3 Å². The van der Waals surface area contributed by atoms with Crippen LogP contribution in [0.5, 0.6) is 0 Å². The first-order valence-corrected chi connectivity index (χ1v) is 12.7. The van der Waals surface area contributed by atoms with E-state index in [1.54, 1.807) is 7.11 Å². The van der Waals surface area contributed by atoms with E-state index in [0.29, 0.717) is 48.2 Å². The monoisotopic (exact) mass is 435 g/mol. The highest BCUT2D eigenvalue weighted by Gasteiger charge is 2.67. The number of ether oxygens (including phenoxy) is 3. The molecular formula is C26H45NO4. The van der Waals surface area contributed by atoms with Crippen molar-refractivity contribution in [1.29, 1.82) is 0 Å². The predicted octanol–water partition coefficient (Wildman–Crippen LogP) is 5.91. The molecule has 31 heavy (non-hydrogen) atoms. The topological polar surface area (TPSA) is 56.8 Å². The summed E-state index contributed by atoms with van der Waals surface area (Å²) in [6.07, 6.45) is 12.4. The largest absolute Gasteiger partial charge is 0.449 e. The quantitative estimate of drug-likeness (QED) is 0.505.